The highest BCUT2D eigenvalue weighted by atomic mass is 16.2. The third-order valence-electron chi connectivity index (χ3n) is 3.04. The molecular formula is C15H26N6O2. The van der Waals surface area contributed by atoms with E-state index < -0.39 is 6.04 Å². The van der Waals surface area contributed by atoms with Crippen molar-refractivity contribution in [3.63, 3.8) is 0 Å². The fraction of sp³-hybridized carbons (Fsp3) is 0.600. The third-order valence-corrected chi connectivity index (χ3v) is 3.04. The summed E-state index contributed by atoms with van der Waals surface area (Å²) in [5.74, 6) is 0.0366. The smallest absolute Gasteiger partial charge is 0.270 e. The van der Waals surface area contributed by atoms with Crippen molar-refractivity contribution >= 4 is 17.8 Å². The summed E-state index contributed by atoms with van der Waals surface area (Å²) in [5.41, 5.74) is 6.08. The van der Waals surface area contributed by atoms with E-state index in [1.54, 1.807) is 20.2 Å². The zero-order valence-electron chi connectivity index (χ0n) is 14.2. The van der Waals surface area contributed by atoms with Crippen molar-refractivity contribution in [1.29, 1.82) is 0 Å². The molecule has 0 spiro atoms. The van der Waals surface area contributed by atoms with Crippen LogP contribution >= 0.6 is 0 Å². The molecule has 1 aromatic heterocycles. The van der Waals surface area contributed by atoms with Crippen molar-refractivity contribution in [1.82, 2.24) is 20.2 Å². The molecule has 4 N–H and O–H groups in total. The van der Waals surface area contributed by atoms with Crippen molar-refractivity contribution in [2.24, 2.45) is 5.73 Å². The summed E-state index contributed by atoms with van der Waals surface area (Å²) in [6.45, 7) is 4.37. The molecule has 128 valence electrons. The third kappa shape index (κ3) is 6.60. The molecule has 1 aromatic rings. The number of carbonyl (C=O) groups excluding carboxylic acids is 2. The number of likely N-dealkylation sites (N-methyl/N-ethyl adjacent to an activating group) is 1. The van der Waals surface area contributed by atoms with Gasteiger partial charge in [-0.25, -0.2) is 9.97 Å². The Hall–Kier alpha value is -2.22. The lowest BCUT2D eigenvalue weighted by Crippen LogP contribution is -2.40. The molecule has 8 nitrogen and oxygen atoms in total. The van der Waals surface area contributed by atoms with Gasteiger partial charge in [0.2, 0.25) is 11.9 Å². The van der Waals surface area contributed by atoms with Crippen molar-refractivity contribution in [3.8, 4) is 0 Å². The summed E-state index contributed by atoms with van der Waals surface area (Å²) in [5, 5.41) is 5.81. The van der Waals surface area contributed by atoms with Crippen molar-refractivity contribution < 1.29 is 9.59 Å². The number of nitrogens with one attached hydrogen (secondary N) is 2. The van der Waals surface area contributed by atoms with Gasteiger partial charge >= 0.3 is 0 Å². The minimum Gasteiger partial charge on any atom is -0.352 e. The molecule has 2 amide bonds. The Kier molecular flexibility index (Phi) is 7.40. The number of anilines is 1. The van der Waals surface area contributed by atoms with Crippen LogP contribution in [-0.2, 0) is 4.79 Å². The summed E-state index contributed by atoms with van der Waals surface area (Å²) in [4.78, 5) is 33.3. The van der Waals surface area contributed by atoms with E-state index in [1.807, 2.05) is 13.8 Å². The van der Waals surface area contributed by atoms with Gasteiger partial charge < -0.3 is 21.3 Å². The number of carbonyl (C=O) groups is 2. The highest BCUT2D eigenvalue weighted by Gasteiger charge is 2.15. The van der Waals surface area contributed by atoms with E-state index in [2.05, 4.69) is 20.6 Å². The van der Waals surface area contributed by atoms with Crippen molar-refractivity contribution in [2.45, 2.75) is 38.8 Å². The number of hydrogen-bond acceptors (Lipinski definition) is 6. The monoisotopic (exact) mass is 322 g/mol. The lowest BCUT2D eigenvalue weighted by atomic mass is 10.1. The maximum atomic E-state index is 12.0. The van der Waals surface area contributed by atoms with Gasteiger partial charge in [-0.15, -0.1) is 0 Å². The molecular weight excluding hydrogens is 296 g/mol. The molecule has 0 radical (unpaired) electrons. The minimum absolute atomic E-state index is 0.114. The molecule has 0 aromatic carbocycles. The fourth-order valence-electron chi connectivity index (χ4n) is 1.88. The van der Waals surface area contributed by atoms with Gasteiger partial charge in [-0.3, -0.25) is 9.59 Å². The summed E-state index contributed by atoms with van der Waals surface area (Å²) < 4.78 is 0. The predicted octanol–water partition coefficient (Wildman–Crippen LogP) is 0.222. The first kappa shape index (κ1) is 18.8. The molecule has 1 unspecified atom stereocenters. The molecule has 0 aliphatic carbocycles. The lowest BCUT2D eigenvalue weighted by molar-refractivity contribution is -0.130. The van der Waals surface area contributed by atoms with Crippen LogP contribution in [0.5, 0.6) is 0 Å². The molecule has 1 atom stereocenters. The van der Waals surface area contributed by atoms with Gasteiger partial charge in [-0.05, 0) is 32.8 Å². The highest BCUT2D eigenvalue weighted by Crippen LogP contribution is 2.03. The zero-order chi connectivity index (χ0) is 17.4. The number of nitrogens with two attached hydrogens (primary N) is 1. The number of nitrogens with zero attached hydrogens (tertiary/aromatic N) is 3. The van der Waals surface area contributed by atoms with Crippen LogP contribution in [0, 0.1) is 0 Å². The van der Waals surface area contributed by atoms with E-state index >= 15 is 0 Å². The van der Waals surface area contributed by atoms with E-state index in [9.17, 15) is 9.59 Å². The molecule has 0 saturated carbocycles. The van der Waals surface area contributed by atoms with Crippen LogP contribution in [0.2, 0.25) is 0 Å². The summed E-state index contributed by atoms with van der Waals surface area (Å²) in [7, 11) is 3.34. The number of rotatable bonds is 8. The standard InChI is InChI=1S/C15H26N6O2/c1-10(2)19-15-18-9-7-12(20-15)13(22)17-8-5-6-11(16)14(23)21(3)4/h7,9-11H,5-6,8,16H2,1-4H3,(H,17,22)(H,18,19,20). The minimum atomic E-state index is -0.539. The topological polar surface area (TPSA) is 113 Å². The van der Waals surface area contributed by atoms with Crippen LogP contribution in [0.3, 0.4) is 0 Å². The number of amides is 2. The molecule has 0 fully saturated rings. The summed E-state index contributed by atoms with van der Waals surface area (Å²) in [6.07, 6.45) is 2.67. The van der Waals surface area contributed by atoms with E-state index in [-0.39, 0.29) is 17.9 Å². The first-order valence-corrected chi connectivity index (χ1v) is 7.65. The molecule has 0 aliphatic rings. The second-order valence-corrected chi connectivity index (χ2v) is 5.80. The van der Waals surface area contributed by atoms with Crippen LogP contribution in [0.25, 0.3) is 0 Å². The van der Waals surface area contributed by atoms with Gasteiger partial charge in [0.25, 0.3) is 5.91 Å². The van der Waals surface area contributed by atoms with Crippen molar-refractivity contribution in [2.75, 3.05) is 26.0 Å². The van der Waals surface area contributed by atoms with Gasteiger partial charge in [-0.1, -0.05) is 0 Å². The Balaban J connectivity index is 2.41. The average Bonchev–Trinajstić information content (AvgIpc) is 2.49. The number of aromatic nitrogens is 2. The van der Waals surface area contributed by atoms with Gasteiger partial charge in [0, 0.05) is 32.9 Å². The van der Waals surface area contributed by atoms with Crippen LogP contribution in [0.1, 0.15) is 37.2 Å². The quantitative estimate of drug-likeness (QED) is 0.590. The van der Waals surface area contributed by atoms with E-state index in [0.29, 0.717) is 31.0 Å². The highest BCUT2D eigenvalue weighted by molar-refractivity contribution is 5.92. The van der Waals surface area contributed by atoms with E-state index in [0.717, 1.165) is 0 Å². The zero-order valence-corrected chi connectivity index (χ0v) is 14.2. The summed E-state index contributed by atoms with van der Waals surface area (Å²) in [6, 6.07) is 1.20. The van der Waals surface area contributed by atoms with Gasteiger partial charge in [0.05, 0.1) is 6.04 Å². The molecule has 0 aliphatic heterocycles. The molecule has 8 heteroatoms. The fourth-order valence-corrected chi connectivity index (χ4v) is 1.88. The molecule has 23 heavy (non-hydrogen) atoms. The van der Waals surface area contributed by atoms with Gasteiger partial charge in [0.15, 0.2) is 0 Å². The van der Waals surface area contributed by atoms with Crippen LogP contribution in [-0.4, -0.2) is 59.4 Å². The maximum Gasteiger partial charge on any atom is 0.270 e. The second-order valence-electron chi connectivity index (χ2n) is 5.80. The van der Waals surface area contributed by atoms with E-state index in [4.69, 9.17) is 5.73 Å². The average molecular weight is 322 g/mol. The van der Waals surface area contributed by atoms with Gasteiger partial charge in [-0.2, -0.15) is 0 Å². The Labute approximate surface area is 136 Å². The second kappa shape index (κ2) is 9.04. The molecule has 0 bridgehead atoms. The Morgan fingerprint density at radius 1 is 1.35 bits per heavy atom. The first-order chi connectivity index (χ1) is 10.8. The Bertz CT molecular complexity index is 532. The first-order valence-electron chi connectivity index (χ1n) is 7.65. The largest absolute Gasteiger partial charge is 0.352 e. The normalized spacial score (nSPS) is 11.9. The molecule has 1 rings (SSSR count). The Morgan fingerprint density at radius 3 is 2.65 bits per heavy atom. The predicted molar refractivity (Wildman–Crippen MR) is 89.0 cm³/mol. The van der Waals surface area contributed by atoms with Crippen molar-refractivity contribution in [3.05, 3.63) is 18.0 Å². The number of hydrogen-bond donors (Lipinski definition) is 3. The lowest BCUT2D eigenvalue weighted by Gasteiger charge is -2.16. The molecule has 1 heterocycles. The van der Waals surface area contributed by atoms with Crippen LogP contribution in [0.15, 0.2) is 12.3 Å². The SMILES string of the molecule is CC(C)Nc1nccc(C(=O)NCCCC(N)C(=O)N(C)C)n1. The van der Waals surface area contributed by atoms with Crippen LogP contribution in [0.4, 0.5) is 5.95 Å². The van der Waals surface area contributed by atoms with E-state index in [1.165, 1.54) is 11.1 Å². The summed E-state index contributed by atoms with van der Waals surface area (Å²) >= 11 is 0. The van der Waals surface area contributed by atoms with Crippen LogP contribution < -0.4 is 16.4 Å². The molecule has 0 saturated heterocycles. The maximum absolute atomic E-state index is 12.0. The van der Waals surface area contributed by atoms with Gasteiger partial charge in [0.1, 0.15) is 5.69 Å². The Morgan fingerprint density at radius 2 is 2.04 bits per heavy atom.